The van der Waals surface area contributed by atoms with Crippen LogP contribution >= 0.6 is 22.9 Å². The second-order valence-electron chi connectivity index (χ2n) is 4.22. The maximum absolute atomic E-state index is 11.4. The standard InChI is InChI=1S/C11H15ClO2S2/c1-2-9-3-4-10(15-9)11(12)8-5-6-16(13,14)7-8/h3-4,8,11H,2,5-7H2,1H3. The molecule has 90 valence electrons. The molecule has 0 aromatic carbocycles. The first-order valence-corrected chi connectivity index (χ1v) is 8.52. The summed E-state index contributed by atoms with van der Waals surface area (Å²) in [4.78, 5) is 2.42. The van der Waals surface area contributed by atoms with E-state index in [-0.39, 0.29) is 17.0 Å². The Morgan fingerprint density at radius 1 is 1.56 bits per heavy atom. The van der Waals surface area contributed by atoms with Crippen molar-refractivity contribution in [1.82, 2.24) is 0 Å². The zero-order valence-corrected chi connectivity index (χ0v) is 11.5. The molecule has 2 rings (SSSR count). The van der Waals surface area contributed by atoms with Gasteiger partial charge in [0.1, 0.15) is 0 Å². The van der Waals surface area contributed by atoms with E-state index >= 15 is 0 Å². The topological polar surface area (TPSA) is 34.1 Å². The van der Waals surface area contributed by atoms with Crippen molar-refractivity contribution < 1.29 is 8.42 Å². The van der Waals surface area contributed by atoms with E-state index in [1.807, 2.05) is 6.07 Å². The Hall–Kier alpha value is -0.0600. The number of hydrogen-bond acceptors (Lipinski definition) is 3. The van der Waals surface area contributed by atoms with E-state index in [0.29, 0.717) is 12.2 Å². The summed E-state index contributed by atoms with van der Waals surface area (Å²) in [5.41, 5.74) is 0. The summed E-state index contributed by atoms with van der Waals surface area (Å²) in [6, 6.07) is 4.12. The minimum absolute atomic E-state index is 0.0926. The van der Waals surface area contributed by atoms with E-state index in [2.05, 4.69) is 13.0 Å². The van der Waals surface area contributed by atoms with Gasteiger partial charge in [-0.1, -0.05) is 6.92 Å². The molecule has 1 aromatic rings. The van der Waals surface area contributed by atoms with Gasteiger partial charge in [-0.15, -0.1) is 22.9 Å². The fraction of sp³-hybridized carbons (Fsp3) is 0.636. The zero-order chi connectivity index (χ0) is 11.8. The highest BCUT2D eigenvalue weighted by molar-refractivity contribution is 7.91. The average Bonchev–Trinajstić information content (AvgIpc) is 2.83. The van der Waals surface area contributed by atoms with Crippen molar-refractivity contribution in [1.29, 1.82) is 0 Å². The number of thiophene rings is 1. The summed E-state index contributed by atoms with van der Waals surface area (Å²) in [7, 11) is -2.83. The van der Waals surface area contributed by atoms with Crippen molar-refractivity contribution in [2.24, 2.45) is 5.92 Å². The molecule has 0 bridgehead atoms. The molecule has 16 heavy (non-hydrogen) atoms. The molecular formula is C11H15ClO2S2. The third-order valence-electron chi connectivity index (χ3n) is 2.98. The smallest absolute Gasteiger partial charge is 0.150 e. The van der Waals surface area contributed by atoms with Gasteiger partial charge < -0.3 is 0 Å². The Labute approximate surface area is 106 Å². The van der Waals surface area contributed by atoms with Gasteiger partial charge in [0.2, 0.25) is 0 Å². The van der Waals surface area contributed by atoms with Crippen LogP contribution in [0.2, 0.25) is 0 Å². The predicted molar refractivity (Wildman–Crippen MR) is 69.1 cm³/mol. The summed E-state index contributed by atoms with van der Waals surface area (Å²) in [6.45, 7) is 2.11. The molecular weight excluding hydrogens is 264 g/mol. The van der Waals surface area contributed by atoms with Crippen LogP contribution in [0.4, 0.5) is 0 Å². The molecule has 1 aliphatic rings. The monoisotopic (exact) mass is 278 g/mol. The minimum Gasteiger partial charge on any atom is -0.229 e. The van der Waals surface area contributed by atoms with E-state index in [1.165, 1.54) is 4.88 Å². The lowest BCUT2D eigenvalue weighted by molar-refractivity contribution is 0.573. The van der Waals surface area contributed by atoms with Crippen LogP contribution in [-0.2, 0) is 16.3 Å². The van der Waals surface area contributed by atoms with Crippen LogP contribution in [0.25, 0.3) is 0 Å². The lowest BCUT2D eigenvalue weighted by Crippen LogP contribution is -2.09. The molecule has 0 spiro atoms. The van der Waals surface area contributed by atoms with Crippen LogP contribution in [0, 0.1) is 5.92 Å². The van der Waals surface area contributed by atoms with Crippen LogP contribution < -0.4 is 0 Å². The average molecular weight is 279 g/mol. The minimum atomic E-state index is -2.83. The second-order valence-corrected chi connectivity index (χ2v) is 8.12. The van der Waals surface area contributed by atoms with E-state index in [1.54, 1.807) is 11.3 Å². The second kappa shape index (κ2) is 4.67. The molecule has 1 aromatic heterocycles. The summed E-state index contributed by atoms with van der Waals surface area (Å²) in [5, 5.41) is -0.137. The van der Waals surface area contributed by atoms with Gasteiger partial charge in [0.05, 0.1) is 16.9 Å². The third kappa shape index (κ3) is 2.60. The molecule has 1 fully saturated rings. The van der Waals surface area contributed by atoms with Crippen molar-refractivity contribution in [3.8, 4) is 0 Å². The van der Waals surface area contributed by atoms with Gasteiger partial charge >= 0.3 is 0 Å². The van der Waals surface area contributed by atoms with Crippen LogP contribution in [0.15, 0.2) is 12.1 Å². The third-order valence-corrected chi connectivity index (χ3v) is 6.81. The van der Waals surface area contributed by atoms with Gasteiger partial charge in [0.15, 0.2) is 9.84 Å². The van der Waals surface area contributed by atoms with Crippen molar-refractivity contribution in [2.75, 3.05) is 11.5 Å². The van der Waals surface area contributed by atoms with E-state index in [0.717, 1.165) is 11.3 Å². The fourth-order valence-electron chi connectivity index (χ4n) is 2.02. The summed E-state index contributed by atoms with van der Waals surface area (Å²) >= 11 is 8.06. The normalized spacial score (nSPS) is 25.8. The number of sulfone groups is 1. The van der Waals surface area contributed by atoms with Gasteiger partial charge in [-0.3, -0.25) is 0 Å². The summed E-state index contributed by atoms with van der Waals surface area (Å²) in [5.74, 6) is 0.642. The highest BCUT2D eigenvalue weighted by Crippen LogP contribution is 2.39. The highest BCUT2D eigenvalue weighted by atomic mass is 35.5. The Kier molecular flexibility index (Phi) is 3.62. The van der Waals surface area contributed by atoms with E-state index in [4.69, 9.17) is 11.6 Å². The molecule has 0 radical (unpaired) electrons. The first-order valence-electron chi connectivity index (χ1n) is 5.45. The molecule has 0 aliphatic carbocycles. The molecule has 0 amide bonds. The SMILES string of the molecule is CCc1ccc(C(Cl)C2CCS(=O)(=O)C2)s1. The first kappa shape index (κ1) is 12.4. The fourth-order valence-corrected chi connectivity index (χ4v) is 5.41. The molecule has 2 nitrogen and oxygen atoms in total. The Morgan fingerprint density at radius 3 is 2.81 bits per heavy atom. The maximum Gasteiger partial charge on any atom is 0.150 e. The largest absolute Gasteiger partial charge is 0.229 e. The van der Waals surface area contributed by atoms with Crippen molar-refractivity contribution in [3.05, 3.63) is 21.9 Å². The van der Waals surface area contributed by atoms with Gasteiger partial charge in [0, 0.05) is 9.75 Å². The van der Waals surface area contributed by atoms with Crippen molar-refractivity contribution in [2.45, 2.75) is 25.1 Å². The molecule has 2 heterocycles. The maximum atomic E-state index is 11.4. The Balaban J connectivity index is 2.11. The van der Waals surface area contributed by atoms with Crippen molar-refractivity contribution in [3.63, 3.8) is 0 Å². The lowest BCUT2D eigenvalue weighted by atomic mass is 10.0. The Morgan fingerprint density at radius 2 is 2.31 bits per heavy atom. The number of rotatable bonds is 3. The molecule has 5 heteroatoms. The number of aryl methyl sites for hydroxylation is 1. The van der Waals surface area contributed by atoms with Crippen LogP contribution in [0.3, 0.4) is 0 Å². The summed E-state index contributed by atoms with van der Waals surface area (Å²) in [6.07, 6.45) is 1.72. The highest BCUT2D eigenvalue weighted by Gasteiger charge is 2.34. The van der Waals surface area contributed by atoms with Crippen molar-refractivity contribution >= 4 is 32.8 Å². The first-order chi connectivity index (χ1) is 7.52. The Bertz CT molecular complexity index is 464. The number of alkyl halides is 1. The predicted octanol–water partition coefficient (Wildman–Crippen LogP) is 3.03. The molecule has 2 atom stereocenters. The van der Waals surface area contributed by atoms with Gasteiger partial charge in [0.25, 0.3) is 0 Å². The molecule has 1 saturated heterocycles. The lowest BCUT2D eigenvalue weighted by Gasteiger charge is -2.13. The van der Waals surface area contributed by atoms with E-state index < -0.39 is 9.84 Å². The van der Waals surface area contributed by atoms with Crippen LogP contribution in [0.5, 0.6) is 0 Å². The molecule has 2 unspecified atom stereocenters. The van der Waals surface area contributed by atoms with Crippen LogP contribution in [-0.4, -0.2) is 19.9 Å². The number of halogens is 1. The number of hydrogen-bond donors (Lipinski definition) is 0. The summed E-state index contributed by atoms with van der Waals surface area (Å²) < 4.78 is 22.8. The van der Waals surface area contributed by atoms with E-state index in [9.17, 15) is 8.42 Å². The van der Waals surface area contributed by atoms with Gasteiger partial charge in [-0.05, 0) is 30.9 Å². The quantitative estimate of drug-likeness (QED) is 0.797. The molecule has 1 aliphatic heterocycles. The van der Waals surface area contributed by atoms with Gasteiger partial charge in [-0.2, -0.15) is 0 Å². The molecule has 0 saturated carbocycles. The van der Waals surface area contributed by atoms with Gasteiger partial charge in [-0.25, -0.2) is 8.42 Å². The van der Waals surface area contributed by atoms with Crippen LogP contribution in [0.1, 0.15) is 28.5 Å². The molecule has 0 N–H and O–H groups in total. The zero-order valence-electron chi connectivity index (χ0n) is 9.15.